The molecule has 0 aromatic heterocycles. The van der Waals surface area contributed by atoms with Crippen LogP contribution in [0.4, 0.5) is 0 Å². The smallest absolute Gasteiger partial charge is 0.0891 e. The van der Waals surface area contributed by atoms with Crippen LogP contribution in [0, 0.1) is 5.41 Å². The summed E-state index contributed by atoms with van der Waals surface area (Å²) in [5.74, 6) is 0. The normalized spacial score (nSPS) is 13.2. The number of hydrogen-bond acceptors (Lipinski definition) is 4. The van der Waals surface area contributed by atoms with Gasteiger partial charge in [-0.3, -0.25) is 5.32 Å². The minimum Gasteiger partial charge on any atom is -0.299 e. The number of hydrazine groups is 2. The average molecular weight is 469 g/mol. The highest BCUT2D eigenvalue weighted by atomic mass is 15.8. The van der Waals surface area contributed by atoms with E-state index < -0.39 is 0 Å². The molecule has 0 aliphatic carbocycles. The molecule has 200 valence electrons. The summed E-state index contributed by atoms with van der Waals surface area (Å²) in [6, 6.07) is 0. The van der Waals surface area contributed by atoms with Crippen molar-refractivity contribution >= 4 is 0 Å². The lowest BCUT2D eigenvalue weighted by atomic mass is 9.89. The molecule has 0 radical (unpaired) electrons. The third-order valence-electron chi connectivity index (χ3n) is 6.50. The van der Waals surface area contributed by atoms with E-state index in [1.54, 1.807) is 0 Å². The second-order valence-corrected chi connectivity index (χ2v) is 11.4. The SMILES string of the molecule is CCCCCCNC(CCCCCCC(C)(C)C)N(NCCCCCC)NCCCCCC. The molecule has 0 fully saturated rings. The zero-order valence-electron chi connectivity index (χ0n) is 23.9. The number of unbranched alkanes of at least 4 members (excludes halogenated alkanes) is 12. The molecule has 33 heavy (non-hydrogen) atoms. The Hall–Kier alpha value is -0.160. The molecule has 0 amide bonds. The van der Waals surface area contributed by atoms with Crippen LogP contribution in [0.15, 0.2) is 0 Å². The highest BCUT2D eigenvalue weighted by Gasteiger charge is 2.17. The first-order valence-electron chi connectivity index (χ1n) is 14.9. The standard InChI is InChI=1S/C29H64N4/c1-7-10-13-20-25-30-28(23-18-16-17-19-24-29(4,5)6)33(31-26-21-14-11-8-2)32-27-22-15-12-9-3/h28,30-32H,7-27H2,1-6H3. The van der Waals surface area contributed by atoms with E-state index in [1.807, 2.05) is 0 Å². The molecule has 1 unspecified atom stereocenters. The van der Waals surface area contributed by atoms with Gasteiger partial charge in [0.1, 0.15) is 0 Å². The molecule has 0 aromatic rings. The van der Waals surface area contributed by atoms with Crippen molar-refractivity contribution < 1.29 is 0 Å². The molecule has 0 aromatic carbocycles. The van der Waals surface area contributed by atoms with Gasteiger partial charge in [0.2, 0.25) is 0 Å². The van der Waals surface area contributed by atoms with Crippen LogP contribution in [0.25, 0.3) is 0 Å². The van der Waals surface area contributed by atoms with Crippen molar-refractivity contribution in [1.82, 2.24) is 21.3 Å². The molecular weight excluding hydrogens is 404 g/mol. The van der Waals surface area contributed by atoms with Crippen LogP contribution in [0.5, 0.6) is 0 Å². The lowest BCUT2D eigenvalue weighted by Crippen LogP contribution is -2.59. The molecule has 3 N–H and O–H groups in total. The van der Waals surface area contributed by atoms with E-state index in [4.69, 9.17) is 0 Å². The van der Waals surface area contributed by atoms with E-state index in [9.17, 15) is 0 Å². The summed E-state index contributed by atoms with van der Waals surface area (Å²) in [7, 11) is 0. The van der Waals surface area contributed by atoms with Crippen LogP contribution in [0.3, 0.4) is 0 Å². The van der Waals surface area contributed by atoms with Gasteiger partial charge in [-0.15, -0.1) is 0 Å². The van der Waals surface area contributed by atoms with Crippen LogP contribution >= 0.6 is 0 Å². The van der Waals surface area contributed by atoms with Gasteiger partial charge in [0.05, 0.1) is 6.17 Å². The lowest BCUT2D eigenvalue weighted by Gasteiger charge is -2.33. The van der Waals surface area contributed by atoms with E-state index in [-0.39, 0.29) is 0 Å². The van der Waals surface area contributed by atoms with Gasteiger partial charge >= 0.3 is 0 Å². The number of nitrogens with one attached hydrogen (secondary N) is 3. The molecule has 0 rings (SSSR count). The third-order valence-corrected chi connectivity index (χ3v) is 6.50. The molecule has 0 spiro atoms. The summed E-state index contributed by atoms with van der Waals surface area (Å²) in [5.41, 5.74) is 7.98. The topological polar surface area (TPSA) is 39.3 Å². The van der Waals surface area contributed by atoms with Gasteiger partial charge in [-0.05, 0) is 44.1 Å². The van der Waals surface area contributed by atoms with Crippen molar-refractivity contribution in [2.45, 2.75) is 163 Å². The maximum Gasteiger partial charge on any atom is 0.0891 e. The summed E-state index contributed by atoms with van der Waals surface area (Å²) in [5, 5.41) is 6.25. The van der Waals surface area contributed by atoms with Gasteiger partial charge in [-0.25, -0.2) is 10.9 Å². The van der Waals surface area contributed by atoms with E-state index in [0.717, 1.165) is 19.6 Å². The van der Waals surface area contributed by atoms with Crippen LogP contribution in [0.2, 0.25) is 0 Å². The Kier molecular flexibility index (Phi) is 23.5. The Morgan fingerprint density at radius 1 is 0.545 bits per heavy atom. The second kappa shape index (κ2) is 23.6. The molecule has 0 heterocycles. The first kappa shape index (κ1) is 32.8. The Morgan fingerprint density at radius 2 is 1.00 bits per heavy atom. The fraction of sp³-hybridized carbons (Fsp3) is 1.00. The number of rotatable bonds is 25. The van der Waals surface area contributed by atoms with E-state index in [0.29, 0.717) is 11.6 Å². The van der Waals surface area contributed by atoms with E-state index in [2.05, 4.69) is 62.8 Å². The van der Waals surface area contributed by atoms with Crippen molar-refractivity contribution in [2.24, 2.45) is 5.41 Å². The molecule has 0 aliphatic heterocycles. The van der Waals surface area contributed by atoms with Gasteiger partial charge in [0.25, 0.3) is 0 Å². The molecule has 0 aliphatic rings. The van der Waals surface area contributed by atoms with Crippen molar-refractivity contribution in [2.75, 3.05) is 19.6 Å². The van der Waals surface area contributed by atoms with Crippen LogP contribution < -0.4 is 16.2 Å². The summed E-state index contributed by atoms with van der Waals surface area (Å²) in [6.07, 6.45) is 24.1. The van der Waals surface area contributed by atoms with E-state index >= 15 is 0 Å². The van der Waals surface area contributed by atoms with Gasteiger partial charge < -0.3 is 0 Å². The van der Waals surface area contributed by atoms with Gasteiger partial charge in [-0.1, -0.05) is 125 Å². The minimum absolute atomic E-state index is 0.381. The van der Waals surface area contributed by atoms with Gasteiger partial charge in [0.15, 0.2) is 0 Å². The summed E-state index contributed by atoms with van der Waals surface area (Å²) >= 11 is 0. The summed E-state index contributed by atoms with van der Waals surface area (Å²) in [4.78, 5) is 0. The molecule has 4 nitrogen and oxygen atoms in total. The van der Waals surface area contributed by atoms with E-state index in [1.165, 1.54) is 116 Å². The predicted octanol–water partition coefficient (Wildman–Crippen LogP) is 8.34. The van der Waals surface area contributed by atoms with Crippen molar-refractivity contribution in [3.05, 3.63) is 0 Å². The Labute approximate surface area is 209 Å². The van der Waals surface area contributed by atoms with Crippen LogP contribution in [-0.2, 0) is 0 Å². The highest BCUT2D eigenvalue weighted by Crippen LogP contribution is 2.22. The van der Waals surface area contributed by atoms with Crippen LogP contribution in [-0.4, -0.2) is 30.9 Å². The molecular formula is C29H64N4. The number of nitrogens with zero attached hydrogens (tertiary/aromatic N) is 1. The maximum absolute atomic E-state index is 3.90. The Balaban J connectivity index is 4.67. The quantitative estimate of drug-likeness (QED) is 0.0715. The summed E-state index contributed by atoms with van der Waals surface area (Å²) in [6.45, 7) is 17.2. The van der Waals surface area contributed by atoms with Crippen LogP contribution in [0.1, 0.15) is 157 Å². The zero-order valence-corrected chi connectivity index (χ0v) is 23.9. The Morgan fingerprint density at radius 3 is 1.48 bits per heavy atom. The molecule has 0 saturated carbocycles. The van der Waals surface area contributed by atoms with Crippen molar-refractivity contribution in [1.29, 1.82) is 0 Å². The lowest BCUT2D eigenvalue weighted by molar-refractivity contribution is 0.0318. The molecule has 0 saturated heterocycles. The molecule has 0 bridgehead atoms. The third kappa shape index (κ3) is 23.4. The molecule has 1 atom stereocenters. The predicted molar refractivity (Wildman–Crippen MR) is 149 cm³/mol. The fourth-order valence-corrected chi connectivity index (χ4v) is 4.27. The second-order valence-electron chi connectivity index (χ2n) is 11.4. The Bertz CT molecular complexity index is 366. The average Bonchev–Trinajstić information content (AvgIpc) is 2.77. The van der Waals surface area contributed by atoms with Crippen molar-refractivity contribution in [3.8, 4) is 0 Å². The number of hydrogen-bond donors (Lipinski definition) is 3. The largest absolute Gasteiger partial charge is 0.299 e. The first-order valence-corrected chi connectivity index (χ1v) is 14.9. The first-order chi connectivity index (χ1) is 15.9. The maximum atomic E-state index is 3.90. The minimum atomic E-state index is 0.381. The van der Waals surface area contributed by atoms with Crippen molar-refractivity contribution in [3.63, 3.8) is 0 Å². The molecule has 4 heteroatoms. The highest BCUT2D eigenvalue weighted by molar-refractivity contribution is 4.67. The van der Waals surface area contributed by atoms with Gasteiger partial charge in [0, 0.05) is 13.1 Å². The fourth-order valence-electron chi connectivity index (χ4n) is 4.27. The van der Waals surface area contributed by atoms with Gasteiger partial charge in [-0.2, -0.15) is 5.12 Å². The summed E-state index contributed by atoms with van der Waals surface area (Å²) < 4.78 is 0. The monoisotopic (exact) mass is 469 g/mol. The zero-order chi connectivity index (χ0) is 24.6.